The van der Waals surface area contributed by atoms with Crippen molar-refractivity contribution in [2.45, 2.75) is 13.2 Å². The third-order valence-electron chi connectivity index (χ3n) is 4.24. The van der Waals surface area contributed by atoms with Crippen LogP contribution in [0.3, 0.4) is 0 Å². The van der Waals surface area contributed by atoms with E-state index < -0.39 is 0 Å². The molecule has 0 saturated carbocycles. The molecule has 0 aromatic heterocycles. The SMILES string of the molecule is COc1ccc(NCc2cccc(OC)c2OCc2ccc(F)cc2Cl)cc1. The number of benzene rings is 3. The Balaban J connectivity index is 1.75. The number of hydrogen-bond acceptors (Lipinski definition) is 4. The van der Waals surface area contributed by atoms with Gasteiger partial charge in [0.2, 0.25) is 0 Å². The van der Waals surface area contributed by atoms with Crippen LogP contribution in [0.2, 0.25) is 5.02 Å². The van der Waals surface area contributed by atoms with E-state index in [4.69, 9.17) is 25.8 Å². The maximum Gasteiger partial charge on any atom is 0.166 e. The summed E-state index contributed by atoms with van der Waals surface area (Å²) in [7, 11) is 3.23. The van der Waals surface area contributed by atoms with Crippen molar-refractivity contribution in [3.05, 3.63) is 82.6 Å². The van der Waals surface area contributed by atoms with Gasteiger partial charge in [0.15, 0.2) is 11.5 Å². The molecule has 0 aliphatic heterocycles. The fourth-order valence-electron chi connectivity index (χ4n) is 2.72. The highest BCUT2D eigenvalue weighted by atomic mass is 35.5. The summed E-state index contributed by atoms with van der Waals surface area (Å²) in [6, 6.07) is 17.6. The minimum absolute atomic E-state index is 0.203. The van der Waals surface area contributed by atoms with Crippen LogP contribution < -0.4 is 19.5 Å². The van der Waals surface area contributed by atoms with Gasteiger partial charge in [0, 0.05) is 23.4 Å². The summed E-state index contributed by atoms with van der Waals surface area (Å²) in [5.74, 6) is 1.65. The first-order valence-electron chi connectivity index (χ1n) is 8.71. The Hall–Kier alpha value is -2.92. The van der Waals surface area contributed by atoms with Gasteiger partial charge in [-0.1, -0.05) is 29.8 Å². The largest absolute Gasteiger partial charge is 0.497 e. The lowest BCUT2D eigenvalue weighted by Crippen LogP contribution is -2.05. The quantitative estimate of drug-likeness (QED) is 0.526. The fraction of sp³-hybridized carbons (Fsp3) is 0.182. The Labute approximate surface area is 168 Å². The van der Waals surface area contributed by atoms with Crippen LogP contribution in [0.1, 0.15) is 11.1 Å². The molecule has 3 aromatic carbocycles. The smallest absolute Gasteiger partial charge is 0.166 e. The van der Waals surface area contributed by atoms with Crippen molar-refractivity contribution >= 4 is 17.3 Å². The molecule has 0 radical (unpaired) electrons. The molecule has 0 aliphatic rings. The number of hydrogen-bond donors (Lipinski definition) is 1. The number of anilines is 1. The van der Waals surface area contributed by atoms with Gasteiger partial charge in [-0.25, -0.2) is 4.39 Å². The Morgan fingerprint density at radius 2 is 1.71 bits per heavy atom. The van der Waals surface area contributed by atoms with Crippen molar-refractivity contribution in [1.82, 2.24) is 0 Å². The summed E-state index contributed by atoms with van der Waals surface area (Å²) < 4.78 is 29.9. The average molecular weight is 402 g/mol. The lowest BCUT2D eigenvalue weighted by atomic mass is 10.1. The number of nitrogens with one attached hydrogen (secondary N) is 1. The van der Waals surface area contributed by atoms with E-state index >= 15 is 0 Å². The first-order chi connectivity index (χ1) is 13.6. The van der Waals surface area contributed by atoms with Crippen LogP contribution in [0.4, 0.5) is 10.1 Å². The summed E-state index contributed by atoms with van der Waals surface area (Å²) in [5.41, 5.74) is 2.58. The van der Waals surface area contributed by atoms with Gasteiger partial charge in [0.05, 0.1) is 19.2 Å². The van der Waals surface area contributed by atoms with E-state index in [1.807, 2.05) is 42.5 Å². The molecular formula is C22H21ClFNO3. The van der Waals surface area contributed by atoms with Gasteiger partial charge >= 0.3 is 0 Å². The summed E-state index contributed by atoms with van der Waals surface area (Å²) >= 11 is 6.10. The second-order valence-electron chi connectivity index (χ2n) is 6.05. The topological polar surface area (TPSA) is 39.7 Å². The van der Waals surface area contributed by atoms with Gasteiger partial charge in [-0.2, -0.15) is 0 Å². The Kier molecular flexibility index (Phi) is 6.61. The first-order valence-corrected chi connectivity index (χ1v) is 9.09. The lowest BCUT2D eigenvalue weighted by Gasteiger charge is -2.16. The van der Waals surface area contributed by atoms with E-state index in [-0.39, 0.29) is 12.4 Å². The molecule has 0 heterocycles. The molecule has 3 aromatic rings. The highest BCUT2D eigenvalue weighted by molar-refractivity contribution is 6.31. The maximum atomic E-state index is 13.2. The van der Waals surface area contributed by atoms with Crippen LogP contribution in [0.5, 0.6) is 17.2 Å². The van der Waals surface area contributed by atoms with E-state index in [0.29, 0.717) is 28.6 Å². The number of halogens is 2. The maximum absolute atomic E-state index is 13.2. The lowest BCUT2D eigenvalue weighted by molar-refractivity contribution is 0.281. The van der Waals surface area contributed by atoms with E-state index in [2.05, 4.69) is 5.32 Å². The zero-order valence-corrected chi connectivity index (χ0v) is 16.4. The van der Waals surface area contributed by atoms with Gasteiger partial charge in [-0.3, -0.25) is 0 Å². The fourth-order valence-corrected chi connectivity index (χ4v) is 2.94. The number of rotatable bonds is 8. The van der Waals surface area contributed by atoms with Gasteiger partial charge in [-0.05, 0) is 42.5 Å². The molecule has 4 nitrogen and oxygen atoms in total. The van der Waals surface area contributed by atoms with Crippen molar-refractivity contribution in [1.29, 1.82) is 0 Å². The second kappa shape index (κ2) is 9.33. The van der Waals surface area contributed by atoms with Crippen molar-refractivity contribution < 1.29 is 18.6 Å². The molecule has 0 saturated heterocycles. The van der Waals surface area contributed by atoms with Crippen molar-refractivity contribution in [3.8, 4) is 17.2 Å². The van der Waals surface area contributed by atoms with Gasteiger partial charge in [0.25, 0.3) is 0 Å². The zero-order valence-electron chi connectivity index (χ0n) is 15.7. The predicted octanol–water partition coefficient (Wildman–Crippen LogP) is 5.69. The van der Waals surface area contributed by atoms with Crippen LogP contribution in [-0.4, -0.2) is 14.2 Å². The number of para-hydroxylation sites is 1. The second-order valence-corrected chi connectivity index (χ2v) is 6.46. The molecule has 0 bridgehead atoms. The predicted molar refractivity (Wildman–Crippen MR) is 109 cm³/mol. The molecule has 0 atom stereocenters. The molecule has 3 rings (SSSR count). The van der Waals surface area contributed by atoms with E-state index in [1.165, 1.54) is 12.1 Å². The third kappa shape index (κ3) is 4.87. The molecule has 0 aliphatic carbocycles. The highest BCUT2D eigenvalue weighted by Gasteiger charge is 2.12. The van der Waals surface area contributed by atoms with Gasteiger partial charge in [0.1, 0.15) is 18.2 Å². The number of ether oxygens (including phenoxy) is 3. The van der Waals surface area contributed by atoms with Crippen molar-refractivity contribution in [2.24, 2.45) is 0 Å². The Morgan fingerprint density at radius 1 is 0.929 bits per heavy atom. The standard InChI is InChI=1S/C22H21ClFNO3/c1-26-19-10-8-18(9-11-19)25-13-15-4-3-5-21(27-2)22(15)28-14-16-6-7-17(24)12-20(16)23/h3-12,25H,13-14H2,1-2H3. The van der Waals surface area contributed by atoms with Gasteiger partial charge < -0.3 is 19.5 Å². The monoisotopic (exact) mass is 401 g/mol. The Bertz CT molecular complexity index is 932. The van der Waals surface area contributed by atoms with E-state index in [1.54, 1.807) is 20.3 Å². The molecule has 28 heavy (non-hydrogen) atoms. The van der Waals surface area contributed by atoms with Gasteiger partial charge in [-0.15, -0.1) is 0 Å². The molecule has 1 N–H and O–H groups in total. The molecule has 0 spiro atoms. The van der Waals surface area contributed by atoms with Crippen LogP contribution >= 0.6 is 11.6 Å². The van der Waals surface area contributed by atoms with Crippen LogP contribution in [-0.2, 0) is 13.2 Å². The first kappa shape index (κ1) is 19.8. The highest BCUT2D eigenvalue weighted by Crippen LogP contribution is 2.33. The summed E-state index contributed by atoms with van der Waals surface area (Å²) in [6.45, 7) is 0.741. The van der Waals surface area contributed by atoms with E-state index in [0.717, 1.165) is 17.0 Å². The normalized spacial score (nSPS) is 10.4. The third-order valence-corrected chi connectivity index (χ3v) is 4.59. The Morgan fingerprint density at radius 3 is 2.39 bits per heavy atom. The molecular weight excluding hydrogens is 381 g/mol. The minimum atomic E-state index is -0.379. The van der Waals surface area contributed by atoms with Crippen molar-refractivity contribution in [3.63, 3.8) is 0 Å². The van der Waals surface area contributed by atoms with Crippen LogP contribution in [0.15, 0.2) is 60.7 Å². The molecule has 146 valence electrons. The molecule has 6 heteroatoms. The zero-order chi connectivity index (χ0) is 19.9. The molecule has 0 fully saturated rings. The molecule has 0 unspecified atom stereocenters. The number of methoxy groups -OCH3 is 2. The van der Waals surface area contributed by atoms with Crippen LogP contribution in [0.25, 0.3) is 0 Å². The molecule has 0 amide bonds. The average Bonchev–Trinajstić information content (AvgIpc) is 2.72. The summed E-state index contributed by atoms with van der Waals surface area (Å²) in [6.07, 6.45) is 0. The van der Waals surface area contributed by atoms with E-state index in [9.17, 15) is 4.39 Å². The minimum Gasteiger partial charge on any atom is -0.497 e. The van der Waals surface area contributed by atoms with Crippen molar-refractivity contribution in [2.75, 3.05) is 19.5 Å². The summed E-state index contributed by atoms with van der Waals surface area (Å²) in [5, 5.41) is 3.68. The van der Waals surface area contributed by atoms with Crippen LogP contribution in [0, 0.1) is 5.82 Å². The summed E-state index contributed by atoms with van der Waals surface area (Å²) in [4.78, 5) is 0.